The highest BCUT2D eigenvalue weighted by Gasteiger charge is 2.34. The number of alkyl halides is 3. The van der Waals surface area contributed by atoms with Crippen LogP contribution in [0.2, 0.25) is 0 Å². The Labute approximate surface area is 94.6 Å². The van der Waals surface area contributed by atoms with Crippen molar-refractivity contribution in [3.8, 4) is 5.75 Å². The molecule has 7 heteroatoms. The normalized spacial score (nSPS) is 11.0. The maximum atomic E-state index is 11.5. The average molecular weight is 250 g/mol. The van der Waals surface area contributed by atoms with Crippen molar-refractivity contribution in [3.05, 3.63) is 29.8 Å². The Bertz CT molecular complexity index is 372. The van der Waals surface area contributed by atoms with E-state index in [9.17, 15) is 18.0 Å². The van der Waals surface area contributed by atoms with E-state index in [-0.39, 0.29) is 18.8 Å². The highest BCUT2D eigenvalue weighted by atomic mass is 19.4. The third-order valence-electron chi connectivity index (χ3n) is 1.75. The van der Waals surface area contributed by atoms with Crippen LogP contribution in [0.5, 0.6) is 5.75 Å². The Morgan fingerprint density at radius 2 is 1.82 bits per heavy atom. The molecule has 0 heterocycles. The Hall–Kier alpha value is -1.92. The summed E-state index contributed by atoms with van der Waals surface area (Å²) in [6.45, 7) is -0.236. The lowest BCUT2D eigenvalue weighted by Crippen LogP contribution is -2.20. The first-order valence-corrected chi connectivity index (χ1v) is 4.57. The molecule has 0 radical (unpaired) electrons. The molecule has 0 fully saturated rings. The standard InChI is InChI=1S/C10H9F3O4/c11-10(12,13)17-9(15)16-6-5-7-1-3-8(14)4-2-7/h1-4,14H,5-6H2. The number of phenolic OH excluding ortho intramolecular Hbond substituents is 1. The van der Waals surface area contributed by atoms with E-state index < -0.39 is 12.5 Å². The van der Waals surface area contributed by atoms with E-state index in [0.29, 0.717) is 5.56 Å². The van der Waals surface area contributed by atoms with Crippen LogP contribution in [-0.4, -0.2) is 24.2 Å². The molecule has 4 nitrogen and oxygen atoms in total. The van der Waals surface area contributed by atoms with Gasteiger partial charge in [-0.25, -0.2) is 4.79 Å². The molecule has 94 valence electrons. The van der Waals surface area contributed by atoms with Gasteiger partial charge in [-0.1, -0.05) is 12.1 Å². The van der Waals surface area contributed by atoms with E-state index in [1.54, 1.807) is 12.1 Å². The first-order chi connectivity index (χ1) is 7.87. The summed E-state index contributed by atoms with van der Waals surface area (Å²) in [7, 11) is 0. The van der Waals surface area contributed by atoms with Gasteiger partial charge in [0, 0.05) is 6.42 Å². The molecule has 1 N–H and O–H groups in total. The zero-order valence-corrected chi connectivity index (χ0v) is 8.53. The van der Waals surface area contributed by atoms with E-state index in [4.69, 9.17) is 5.11 Å². The number of carbonyl (C=O) groups is 1. The Balaban J connectivity index is 2.28. The highest BCUT2D eigenvalue weighted by molar-refractivity contribution is 5.60. The minimum Gasteiger partial charge on any atom is -0.508 e. The monoisotopic (exact) mass is 250 g/mol. The molecule has 1 aromatic rings. The van der Waals surface area contributed by atoms with Gasteiger partial charge < -0.3 is 14.6 Å². The van der Waals surface area contributed by atoms with Gasteiger partial charge in [0.1, 0.15) is 5.75 Å². The van der Waals surface area contributed by atoms with Gasteiger partial charge in [0.2, 0.25) is 0 Å². The number of rotatable bonds is 3. The zero-order chi connectivity index (χ0) is 12.9. The number of benzene rings is 1. The van der Waals surface area contributed by atoms with Crippen molar-refractivity contribution in [3.63, 3.8) is 0 Å². The van der Waals surface area contributed by atoms with Gasteiger partial charge in [-0.05, 0) is 17.7 Å². The number of halogens is 3. The van der Waals surface area contributed by atoms with E-state index in [1.807, 2.05) is 0 Å². The van der Waals surface area contributed by atoms with Crippen molar-refractivity contribution >= 4 is 6.16 Å². The van der Waals surface area contributed by atoms with Gasteiger partial charge in [-0.2, -0.15) is 0 Å². The van der Waals surface area contributed by atoms with Crippen molar-refractivity contribution in [1.82, 2.24) is 0 Å². The summed E-state index contributed by atoms with van der Waals surface area (Å²) in [6.07, 6.45) is -6.58. The molecule has 0 atom stereocenters. The quantitative estimate of drug-likeness (QED) is 0.838. The van der Waals surface area contributed by atoms with Gasteiger partial charge in [-0.3, -0.25) is 0 Å². The van der Waals surface area contributed by atoms with Gasteiger partial charge in [0.15, 0.2) is 0 Å². The van der Waals surface area contributed by atoms with Gasteiger partial charge >= 0.3 is 12.5 Å². The SMILES string of the molecule is O=C(OCCc1ccc(O)cc1)OC(F)(F)F. The number of carbonyl (C=O) groups excluding carboxylic acids is 1. The van der Waals surface area contributed by atoms with Crippen LogP contribution in [0.4, 0.5) is 18.0 Å². The van der Waals surface area contributed by atoms with Crippen molar-refractivity contribution in [2.75, 3.05) is 6.61 Å². The maximum Gasteiger partial charge on any atom is 0.577 e. The number of phenols is 1. The lowest BCUT2D eigenvalue weighted by molar-refractivity contribution is -0.299. The molecule has 0 aliphatic heterocycles. The lowest BCUT2D eigenvalue weighted by Gasteiger charge is -2.07. The summed E-state index contributed by atoms with van der Waals surface area (Å²) in [4.78, 5) is 10.5. The van der Waals surface area contributed by atoms with Crippen LogP contribution in [0.15, 0.2) is 24.3 Å². The summed E-state index contributed by atoms with van der Waals surface area (Å²) < 4.78 is 41.9. The zero-order valence-electron chi connectivity index (χ0n) is 8.53. The molecule has 0 aliphatic carbocycles. The van der Waals surface area contributed by atoms with Crippen molar-refractivity contribution < 1.29 is 32.5 Å². The Morgan fingerprint density at radius 1 is 1.24 bits per heavy atom. The topological polar surface area (TPSA) is 55.8 Å². The molecular weight excluding hydrogens is 241 g/mol. The fourth-order valence-corrected chi connectivity index (χ4v) is 1.04. The Morgan fingerprint density at radius 3 is 2.35 bits per heavy atom. The van der Waals surface area contributed by atoms with Gasteiger partial charge in [-0.15, -0.1) is 13.2 Å². The molecule has 0 aliphatic rings. The summed E-state index contributed by atoms with van der Waals surface area (Å²) in [5.74, 6) is 0.0751. The molecule has 0 saturated heterocycles. The smallest absolute Gasteiger partial charge is 0.508 e. The average Bonchev–Trinajstić information content (AvgIpc) is 2.18. The summed E-state index contributed by atoms with van der Waals surface area (Å²) >= 11 is 0. The van der Waals surface area contributed by atoms with Gasteiger partial charge in [0.05, 0.1) is 6.61 Å². The maximum absolute atomic E-state index is 11.5. The van der Waals surface area contributed by atoms with E-state index in [2.05, 4.69) is 9.47 Å². The molecule has 0 amide bonds. The second kappa shape index (κ2) is 5.42. The van der Waals surface area contributed by atoms with E-state index in [0.717, 1.165) is 0 Å². The Kier molecular flexibility index (Phi) is 4.19. The van der Waals surface area contributed by atoms with Crippen LogP contribution >= 0.6 is 0 Å². The van der Waals surface area contributed by atoms with E-state index in [1.165, 1.54) is 12.1 Å². The van der Waals surface area contributed by atoms with E-state index >= 15 is 0 Å². The minimum absolute atomic E-state index is 0.0751. The first-order valence-electron chi connectivity index (χ1n) is 4.57. The summed E-state index contributed by atoms with van der Waals surface area (Å²) in [5.41, 5.74) is 0.711. The second-order valence-corrected chi connectivity index (χ2v) is 3.06. The summed E-state index contributed by atoms with van der Waals surface area (Å²) in [5, 5.41) is 8.97. The molecule has 0 aromatic heterocycles. The van der Waals surface area contributed by atoms with Crippen LogP contribution in [0.3, 0.4) is 0 Å². The summed E-state index contributed by atoms with van der Waals surface area (Å²) in [6, 6.07) is 5.97. The van der Waals surface area contributed by atoms with Crippen LogP contribution in [0.1, 0.15) is 5.56 Å². The fraction of sp³-hybridized carbons (Fsp3) is 0.300. The van der Waals surface area contributed by atoms with Crippen molar-refractivity contribution in [2.24, 2.45) is 0 Å². The predicted octanol–water partition coefficient (Wildman–Crippen LogP) is 2.61. The van der Waals surface area contributed by atoms with Crippen LogP contribution in [0, 0.1) is 0 Å². The molecule has 17 heavy (non-hydrogen) atoms. The van der Waals surface area contributed by atoms with Gasteiger partial charge in [0.25, 0.3) is 0 Å². The number of hydrogen-bond donors (Lipinski definition) is 1. The third-order valence-corrected chi connectivity index (χ3v) is 1.75. The van der Waals surface area contributed by atoms with Crippen LogP contribution in [-0.2, 0) is 15.9 Å². The first kappa shape index (κ1) is 13.1. The fourth-order valence-electron chi connectivity index (χ4n) is 1.04. The molecule has 0 bridgehead atoms. The number of aromatic hydroxyl groups is 1. The predicted molar refractivity (Wildman–Crippen MR) is 50.3 cm³/mol. The largest absolute Gasteiger partial charge is 0.577 e. The lowest BCUT2D eigenvalue weighted by atomic mass is 10.1. The van der Waals surface area contributed by atoms with Crippen LogP contribution in [0.25, 0.3) is 0 Å². The number of hydrogen-bond acceptors (Lipinski definition) is 4. The van der Waals surface area contributed by atoms with Crippen LogP contribution < -0.4 is 0 Å². The molecular formula is C10H9F3O4. The highest BCUT2D eigenvalue weighted by Crippen LogP contribution is 2.17. The second-order valence-electron chi connectivity index (χ2n) is 3.06. The minimum atomic E-state index is -5.03. The molecule has 0 saturated carbocycles. The molecule has 0 unspecified atom stereocenters. The third kappa shape index (κ3) is 5.64. The molecule has 0 spiro atoms. The molecule has 1 aromatic carbocycles. The molecule has 1 rings (SSSR count). The van der Waals surface area contributed by atoms with Crippen molar-refractivity contribution in [1.29, 1.82) is 0 Å². The van der Waals surface area contributed by atoms with Crippen molar-refractivity contribution in [2.45, 2.75) is 12.8 Å². The number of ether oxygens (including phenoxy) is 2.